The molecule has 0 spiro atoms. The molecule has 0 aliphatic heterocycles. The minimum Gasteiger partial charge on any atom is -0.508 e. The van der Waals surface area contributed by atoms with E-state index in [1.165, 1.54) is 0 Å². The first kappa shape index (κ1) is 12.1. The lowest BCUT2D eigenvalue weighted by Gasteiger charge is -2.04. The molecule has 0 saturated carbocycles. The molecule has 17 heavy (non-hydrogen) atoms. The second-order valence-corrected chi connectivity index (χ2v) is 5.10. The second kappa shape index (κ2) is 5.34. The summed E-state index contributed by atoms with van der Waals surface area (Å²) in [4.78, 5) is 1.06. The molecular weight excluding hydrogens is 254 g/mol. The molecule has 0 amide bonds. The van der Waals surface area contributed by atoms with Crippen molar-refractivity contribution in [3.63, 3.8) is 0 Å². The number of thioether (sulfide) groups is 1. The smallest absolute Gasteiger partial charge is 0.115 e. The first-order chi connectivity index (χ1) is 8.15. The lowest BCUT2D eigenvalue weighted by molar-refractivity contribution is 0.475. The highest BCUT2D eigenvalue weighted by molar-refractivity contribution is 7.98. The van der Waals surface area contributed by atoms with Crippen molar-refractivity contribution in [1.82, 2.24) is 0 Å². The largest absolute Gasteiger partial charge is 0.508 e. The van der Waals surface area contributed by atoms with Crippen molar-refractivity contribution in [3.8, 4) is 5.75 Å². The summed E-state index contributed by atoms with van der Waals surface area (Å²) in [6.45, 7) is 0. The average Bonchev–Trinajstić information content (AvgIpc) is 2.31. The maximum atomic E-state index is 9.34. The molecule has 4 heteroatoms. The number of rotatable bonds is 3. The molecule has 0 saturated heterocycles. The van der Waals surface area contributed by atoms with Gasteiger partial charge in [0.05, 0.1) is 10.7 Å². The van der Waals surface area contributed by atoms with Gasteiger partial charge in [0, 0.05) is 10.6 Å². The predicted octanol–water partition coefficient (Wildman–Crippen LogP) is 3.92. The number of phenols is 1. The van der Waals surface area contributed by atoms with E-state index < -0.39 is 0 Å². The van der Waals surface area contributed by atoms with E-state index in [-0.39, 0.29) is 0 Å². The summed E-state index contributed by atoms with van der Waals surface area (Å²) in [5.41, 5.74) is 7.30. The van der Waals surface area contributed by atoms with Gasteiger partial charge in [0.2, 0.25) is 0 Å². The summed E-state index contributed by atoms with van der Waals surface area (Å²) < 4.78 is 0. The molecule has 0 fully saturated rings. The lowest BCUT2D eigenvalue weighted by atomic mass is 10.2. The number of benzene rings is 2. The monoisotopic (exact) mass is 265 g/mol. The fourth-order valence-corrected chi connectivity index (χ4v) is 2.53. The zero-order valence-electron chi connectivity index (χ0n) is 9.06. The molecule has 2 nitrogen and oxygen atoms in total. The van der Waals surface area contributed by atoms with Gasteiger partial charge in [0.25, 0.3) is 0 Å². The van der Waals surface area contributed by atoms with Crippen LogP contribution in [0.4, 0.5) is 5.69 Å². The summed E-state index contributed by atoms with van der Waals surface area (Å²) in [6, 6.07) is 12.8. The molecule has 0 radical (unpaired) electrons. The number of phenolic OH excluding ortho intramolecular Hbond substituents is 1. The number of aromatic hydroxyl groups is 1. The maximum Gasteiger partial charge on any atom is 0.115 e. The first-order valence-electron chi connectivity index (χ1n) is 5.11. The summed E-state index contributed by atoms with van der Waals surface area (Å²) in [5, 5.41) is 9.92. The Morgan fingerprint density at radius 1 is 1.18 bits per heavy atom. The highest BCUT2D eigenvalue weighted by atomic mass is 35.5. The van der Waals surface area contributed by atoms with E-state index in [0.29, 0.717) is 16.5 Å². The molecule has 0 atom stereocenters. The van der Waals surface area contributed by atoms with Gasteiger partial charge in [-0.25, -0.2) is 0 Å². The zero-order valence-corrected chi connectivity index (χ0v) is 10.6. The van der Waals surface area contributed by atoms with Crippen LogP contribution in [0.15, 0.2) is 47.4 Å². The van der Waals surface area contributed by atoms with Crippen LogP contribution in [0.25, 0.3) is 0 Å². The molecule has 0 unspecified atom stereocenters. The van der Waals surface area contributed by atoms with Crippen molar-refractivity contribution < 1.29 is 5.11 Å². The van der Waals surface area contributed by atoms with Crippen LogP contribution in [0.5, 0.6) is 5.75 Å². The van der Waals surface area contributed by atoms with Gasteiger partial charge in [0.1, 0.15) is 5.75 Å². The minimum atomic E-state index is 0.290. The molecule has 88 valence electrons. The van der Waals surface area contributed by atoms with Crippen LogP contribution in [-0.2, 0) is 5.75 Å². The number of nitrogen functional groups attached to an aromatic ring is 1. The van der Waals surface area contributed by atoms with Gasteiger partial charge in [-0.1, -0.05) is 23.7 Å². The lowest BCUT2D eigenvalue weighted by Crippen LogP contribution is -1.86. The molecule has 2 aromatic rings. The van der Waals surface area contributed by atoms with Crippen molar-refractivity contribution in [2.75, 3.05) is 5.73 Å². The van der Waals surface area contributed by atoms with Crippen LogP contribution in [0.3, 0.4) is 0 Å². The molecule has 3 N–H and O–H groups in total. The van der Waals surface area contributed by atoms with Crippen molar-refractivity contribution in [1.29, 1.82) is 0 Å². The number of halogens is 1. The molecule has 0 aliphatic rings. The normalized spacial score (nSPS) is 10.4. The number of hydrogen-bond donors (Lipinski definition) is 2. The molecule has 0 heterocycles. The van der Waals surface area contributed by atoms with Crippen molar-refractivity contribution in [3.05, 3.63) is 53.1 Å². The Morgan fingerprint density at radius 2 is 2.00 bits per heavy atom. The Balaban J connectivity index is 2.05. The van der Waals surface area contributed by atoms with Crippen LogP contribution in [0.1, 0.15) is 5.56 Å². The van der Waals surface area contributed by atoms with E-state index in [9.17, 15) is 5.11 Å². The van der Waals surface area contributed by atoms with Crippen LogP contribution in [0, 0.1) is 0 Å². The van der Waals surface area contributed by atoms with Crippen molar-refractivity contribution in [2.24, 2.45) is 0 Å². The van der Waals surface area contributed by atoms with Gasteiger partial charge in [0.15, 0.2) is 0 Å². The number of hydrogen-bond acceptors (Lipinski definition) is 3. The van der Waals surface area contributed by atoms with Crippen LogP contribution >= 0.6 is 23.4 Å². The van der Waals surface area contributed by atoms with E-state index >= 15 is 0 Å². The van der Waals surface area contributed by atoms with Gasteiger partial charge in [-0.3, -0.25) is 0 Å². The summed E-state index contributed by atoms with van der Waals surface area (Å²) in [7, 11) is 0. The Hall–Kier alpha value is -1.32. The molecule has 0 aromatic heterocycles. The predicted molar refractivity (Wildman–Crippen MR) is 73.5 cm³/mol. The third-order valence-corrected chi connectivity index (χ3v) is 3.68. The topological polar surface area (TPSA) is 46.2 Å². The molecule has 2 aromatic carbocycles. The Morgan fingerprint density at radius 3 is 2.71 bits per heavy atom. The van der Waals surface area contributed by atoms with Crippen LogP contribution in [0.2, 0.25) is 5.02 Å². The Bertz CT molecular complexity index is 531. The quantitative estimate of drug-likeness (QED) is 0.653. The highest BCUT2D eigenvalue weighted by Crippen LogP contribution is 2.29. The zero-order chi connectivity index (χ0) is 12.3. The van der Waals surface area contributed by atoms with Crippen LogP contribution in [-0.4, -0.2) is 5.11 Å². The number of anilines is 1. The SMILES string of the molecule is Nc1ccc(SCc2cccc(O)c2)cc1Cl. The van der Waals surface area contributed by atoms with E-state index in [0.717, 1.165) is 16.2 Å². The van der Waals surface area contributed by atoms with Crippen LogP contribution < -0.4 is 5.73 Å². The average molecular weight is 266 g/mol. The molecule has 2 rings (SSSR count). The van der Waals surface area contributed by atoms with Gasteiger partial charge >= 0.3 is 0 Å². The molecule has 0 bridgehead atoms. The summed E-state index contributed by atoms with van der Waals surface area (Å²) in [6.07, 6.45) is 0. The van der Waals surface area contributed by atoms with E-state index in [2.05, 4.69) is 0 Å². The minimum absolute atomic E-state index is 0.290. The first-order valence-corrected chi connectivity index (χ1v) is 6.47. The van der Waals surface area contributed by atoms with E-state index in [1.54, 1.807) is 30.0 Å². The third-order valence-electron chi connectivity index (χ3n) is 2.29. The number of nitrogens with two attached hydrogens (primary N) is 1. The Labute approximate surface area is 109 Å². The van der Waals surface area contributed by atoms with Gasteiger partial charge in [-0.2, -0.15) is 0 Å². The fourth-order valence-electron chi connectivity index (χ4n) is 1.41. The van der Waals surface area contributed by atoms with E-state index in [4.69, 9.17) is 17.3 Å². The standard InChI is InChI=1S/C13H12ClNOS/c14-12-7-11(4-5-13(12)15)17-8-9-2-1-3-10(16)6-9/h1-7,16H,8,15H2. The molecule has 0 aliphatic carbocycles. The maximum absolute atomic E-state index is 9.34. The highest BCUT2D eigenvalue weighted by Gasteiger charge is 2.00. The van der Waals surface area contributed by atoms with Crippen molar-refractivity contribution >= 4 is 29.1 Å². The van der Waals surface area contributed by atoms with Crippen molar-refractivity contribution in [2.45, 2.75) is 10.6 Å². The summed E-state index contributed by atoms with van der Waals surface area (Å²) in [5.74, 6) is 1.08. The van der Waals surface area contributed by atoms with Gasteiger partial charge < -0.3 is 10.8 Å². The fraction of sp³-hybridized carbons (Fsp3) is 0.0769. The summed E-state index contributed by atoms with van der Waals surface area (Å²) >= 11 is 7.60. The Kier molecular flexibility index (Phi) is 3.82. The van der Waals surface area contributed by atoms with Gasteiger partial charge in [-0.05, 0) is 35.9 Å². The van der Waals surface area contributed by atoms with E-state index in [1.807, 2.05) is 24.3 Å². The third kappa shape index (κ3) is 3.32. The molecular formula is C13H12ClNOS. The second-order valence-electron chi connectivity index (χ2n) is 3.64. The van der Waals surface area contributed by atoms with Gasteiger partial charge in [-0.15, -0.1) is 11.8 Å².